The summed E-state index contributed by atoms with van der Waals surface area (Å²) in [4.78, 5) is 23.7. The van der Waals surface area contributed by atoms with Crippen molar-refractivity contribution in [1.82, 2.24) is 10.9 Å². The van der Waals surface area contributed by atoms with Gasteiger partial charge in [0, 0.05) is 12.0 Å². The molecule has 0 aliphatic rings. The lowest BCUT2D eigenvalue weighted by molar-refractivity contribution is -0.121. The normalized spacial score (nSPS) is 10.0. The molecule has 0 fully saturated rings. The molecule has 0 unspecified atom stereocenters. The number of carbonyl (C=O) groups excluding carboxylic acids is 2. The maximum atomic E-state index is 11.9. The number of hydrogen-bond donors (Lipinski definition) is 3. The molecule has 2 amide bonds. The number of nitrogens with one attached hydrogen (secondary N) is 2. The molecule has 2 aromatic rings. The number of benzene rings is 2. The van der Waals surface area contributed by atoms with E-state index in [0.29, 0.717) is 17.5 Å². The summed E-state index contributed by atoms with van der Waals surface area (Å²) < 4.78 is 0. The van der Waals surface area contributed by atoms with Crippen molar-refractivity contribution in [2.75, 3.05) is 0 Å². The molecule has 0 aromatic heterocycles. The van der Waals surface area contributed by atoms with Crippen LogP contribution in [-0.4, -0.2) is 16.9 Å². The average Bonchev–Trinajstić information content (AvgIpc) is 2.52. The standard InChI is InChI=1S/C17H18N2O3/c1-12-6-2-4-8-14(12)17(22)19-18-16(21)11-10-13-7-3-5-9-15(13)20/h2-9,20H,10-11H2,1H3,(H,18,21)(H,19,22). The summed E-state index contributed by atoms with van der Waals surface area (Å²) in [5.74, 6) is -0.501. The van der Waals surface area contributed by atoms with Gasteiger partial charge in [0.25, 0.3) is 5.91 Å². The summed E-state index contributed by atoms with van der Waals surface area (Å²) in [5.41, 5.74) is 6.82. The largest absolute Gasteiger partial charge is 0.508 e. The number of carbonyl (C=O) groups is 2. The Morgan fingerprint density at radius 3 is 2.41 bits per heavy atom. The van der Waals surface area contributed by atoms with Crippen LogP contribution in [-0.2, 0) is 11.2 Å². The smallest absolute Gasteiger partial charge is 0.269 e. The fraction of sp³-hybridized carbons (Fsp3) is 0.176. The predicted octanol–water partition coefficient (Wildman–Crippen LogP) is 2.09. The van der Waals surface area contributed by atoms with Crippen LogP contribution in [0.1, 0.15) is 27.9 Å². The van der Waals surface area contributed by atoms with Crippen molar-refractivity contribution in [3.05, 3.63) is 65.2 Å². The molecule has 2 rings (SSSR count). The number of phenolic OH excluding ortho intramolecular Hbond substituents is 1. The maximum absolute atomic E-state index is 11.9. The van der Waals surface area contributed by atoms with E-state index in [2.05, 4.69) is 10.9 Å². The molecule has 114 valence electrons. The first-order valence-electron chi connectivity index (χ1n) is 6.99. The third-order valence-corrected chi connectivity index (χ3v) is 3.32. The Morgan fingerprint density at radius 1 is 1.00 bits per heavy atom. The minimum absolute atomic E-state index is 0.166. The number of phenols is 1. The SMILES string of the molecule is Cc1ccccc1C(=O)NNC(=O)CCc1ccccc1O. The molecule has 5 nitrogen and oxygen atoms in total. The predicted molar refractivity (Wildman–Crippen MR) is 83.2 cm³/mol. The van der Waals surface area contributed by atoms with Gasteiger partial charge in [-0.25, -0.2) is 0 Å². The first kappa shape index (κ1) is 15.6. The summed E-state index contributed by atoms with van der Waals surface area (Å²) >= 11 is 0. The fourth-order valence-corrected chi connectivity index (χ4v) is 2.05. The Morgan fingerprint density at radius 2 is 1.68 bits per heavy atom. The molecular weight excluding hydrogens is 280 g/mol. The van der Waals surface area contributed by atoms with Crippen LogP contribution in [0.4, 0.5) is 0 Å². The highest BCUT2D eigenvalue weighted by atomic mass is 16.3. The molecule has 0 saturated heterocycles. The van der Waals surface area contributed by atoms with E-state index in [9.17, 15) is 14.7 Å². The molecule has 22 heavy (non-hydrogen) atoms. The first-order chi connectivity index (χ1) is 10.6. The molecule has 0 spiro atoms. The Balaban J connectivity index is 1.82. The monoisotopic (exact) mass is 298 g/mol. The number of para-hydroxylation sites is 1. The van der Waals surface area contributed by atoms with Crippen LogP contribution in [0.2, 0.25) is 0 Å². The van der Waals surface area contributed by atoms with Crippen LogP contribution < -0.4 is 10.9 Å². The third kappa shape index (κ3) is 4.09. The number of aryl methyl sites for hydroxylation is 2. The second-order valence-electron chi connectivity index (χ2n) is 4.95. The Hall–Kier alpha value is -2.82. The number of aromatic hydroxyl groups is 1. The highest BCUT2D eigenvalue weighted by molar-refractivity contribution is 5.96. The van der Waals surface area contributed by atoms with Gasteiger partial charge in [0.1, 0.15) is 5.75 Å². The Kier molecular flexibility index (Phi) is 5.14. The van der Waals surface area contributed by atoms with Crippen molar-refractivity contribution < 1.29 is 14.7 Å². The zero-order valence-electron chi connectivity index (χ0n) is 12.3. The molecule has 0 aliphatic heterocycles. The van der Waals surface area contributed by atoms with Crippen molar-refractivity contribution in [3.63, 3.8) is 0 Å². The molecule has 0 atom stereocenters. The molecule has 0 saturated carbocycles. The minimum Gasteiger partial charge on any atom is -0.508 e. The average molecular weight is 298 g/mol. The summed E-state index contributed by atoms with van der Waals surface area (Å²) in [6.07, 6.45) is 0.574. The van der Waals surface area contributed by atoms with Crippen molar-refractivity contribution in [1.29, 1.82) is 0 Å². The van der Waals surface area contributed by atoms with Gasteiger partial charge in [-0.1, -0.05) is 36.4 Å². The van der Waals surface area contributed by atoms with Crippen LogP contribution in [0, 0.1) is 6.92 Å². The van der Waals surface area contributed by atoms with Gasteiger partial charge in [0.2, 0.25) is 5.91 Å². The quantitative estimate of drug-likeness (QED) is 0.756. The lowest BCUT2D eigenvalue weighted by atomic mass is 10.1. The zero-order chi connectivity index (χ0) is 15.9. The second-order valence-corrected chi connectivity index (χ2v) is 4.95. The summed E-state index contributed by atoms with van der Waals surface area (Å²) in [6, 6.07) is 14.0. The van der Waals surface area contributed by atoms with Crippen LogP contribution in [0.3, 0.4) is 0 Å². The van der Waals surface area contributed by atoms with Crippen molar-refractivity contribution in [2.45, 2.75) is 19.8 Å². The molecule has 3 N–H and O–H groups in total. The lowest BCUT2D eigenvalue weighted by Gasteiger charge is -2.09. The molecule has 0 bridgehead atoms. The Labute approximate surface area is 129 Å². The van der Waals surface area contributed by atoms with Crippen LogP contribution in [0.15, 0.2) is 48.5 Å². The van der Waals surface area contributed by atoms with E-state index in [-0.39, 0.29) is 24.0 Å². The van der Waals surface area contributed by atoms with Crippen molar-refractivity contribution in [3.8, 4) is 5.75 Å². The van der Waals surface area contributed by atoms with Gasteiger partial charge in [-0.2, -0.15) is 0 Å². The van der Waals surface area contributed by atoms with Gasteiger partial charge < -0.3 is 5.11 Å². The van der Waals surface area contributed by atoms with Gasteiger partial charge in [0.05, 0.1) is 0 Å². The van der Waals surface area contributed by atoms with E-state index in [1.54, 1.807) is 36.4 Å². The van der Waals surface area contributed by atoms with Gasteiger partial charge in [-0.3, -0.25) is 20.4 Å². The van der Waals surface area contributed by atoms with E-state index < -0.39 is 0 Å². The summed E-state index contributed by atoms with van der Waals surface area (Å²) in [7, 11) is 0. The van der Waals surface area contributed by atoms with E-state index in [4.69, 9.17) is 0 Å². The van der Waals surface area contributed by atoms with Crippen molar-refractivity contribution in [2.24, 2.45) is 0 Å². The maximum Gasteiger partial charge on any atom is 0.269 e. The second kappa shape index (κ2) is 7.26. The highest BCUT2D eigenvalue weighted by Crippen LogP contribution is 2.16. The van der Waals surface area contributed by atoms with Crippen molar-refractivity contribution >= 4 is 11.8 Å². The molecule has 2 aromatic carbocycles. The molecule has 5 heteroatoms. The van der Waals surface area contributed by atoms with Crippen LogP contribution in [0.5, 0.6) is 5.75 Å². The number of hydrogen-bond acceptors (Lipinski definition) is 3. The number of amides is 2. The highest BCUT2D eigenvalue weighted by Gasteiger charge is 2.10. The number of hydrazine groups is 1. The molecule has 0 radical (unpaired) electrons. The van der Waals surface area contributed by atoms with Gasteiger partial charge in [-0.15, -0.1) is 0 Å². The van der Waals surface area contributed by atoms with E-state index >= 15 is 0 Å². The summed E-state index contributed by atoms with van der Waals surface area (Å²) in [5, 5.41) is 9.62. The van der Waals surface area contributed by atoms with Gasteiger partial charge in [0.15, 0.2) is 0 Å². The lowest BCUT2D eigenvalue weighted by Crippen LogP contribution is -2.41. The van der Waals surface area contributed by atoms with Gasteiger partial charge in [-0.05, 0) is 36.6 Å². The van der Waals surface area contributed by atoms with Crippen LogP contribution >= 0.6 is 0 Å². The summed E-state index contributed by atoms with van der Waals surface area (Å²) in [6.45, 7) is 1.83. The molecule has 0 heterocycles. The molecular formula is C17H18N2O3. The first-order valence-corrected chi connectivity index (χ1v) is 6.99. The minimum atomic E-state index is -0.353. The van der Waals surface area contributed by atoms with E-state index in [0.717, 1.165) is 5.56 Å². The van der Waals surface area contributed by atoms with Gasteiger partial charge >= 0.3 is 0 Å². The number of rotatable bonds is 4. The third-order valence-electron chi connectivity index (χ3n) is 3.32. The van der Waals surface area contributed by atoms with E-state index in [1.807, 2.05) is 19.1 Å². The Bertz CT molecular complexity index is 683. The zero-order valence-corrected chi connectivity index (χ0v) is 12.3. The fourth-order valence-electron chi connectivity index (χ4n) is 2.05. The van der Waals surface area contributed by atoms with Crippen LogP contribution in [0.25, 0.3) is 0 Å². The topological polar surface area (TPSA) is 78.4 Å². The molecule has 0 aliphatic carbocycles. The van der Waals surface area contributed by atoms with E-state index in [1.165, 1.54) is 0 Å².